The van der Waals surface area contributed by atoms with E-state index in [4.69, 9.17) is 10.6 Å². The van der Waals surface area contributed by atoms with Gasteiger partial charge in [-0.15, -0.1) is 0 Å². The lowest BCUT2D eigenvalue weighted by atomic mass is 9.98. The molecular weight excluding hydrogens is 311 g/mol. The van der Waals surface area contributed by atoms with E-state index in [1.54, 1.807) is 13.2 Å². The third-order valence-electron chi connectivity index (χ3n) is 2.86. The number of hydrogen-bond donors (Lipinski definition) is 2. The van der Waals surface area contributed by atoms with Gasteiger partial charge in [0.25, 0.3) is 0 Å². The van der Waals surface area contributed by atoms with Crippen LogP contribution in [0.2, 0.25) is 0 Å². The Morgan fingerprint density at radius 2 is 2.05 bits per heavy atom. The largest absolute Gasteiger partial charge is 0.496 e. The first kappa shape index (κ1) is 14.0. The molecular formula is C14H14BrFN2O. The smallest absolute Gasteiger partial charge is 0.125 e. The fourth-order valence-electron chi connectivity index (χ4n) is 1.98. The zero-order valence-corrected chi connectivity index (χ0v) is 11.9. The summed E-state index contributed by atoms with van der Waals surface area (Å²) in [7, 11) is 1.59. The van der Waals surface area contributed by atoms with Crippen molar-refractivity contribution >= 4 is 15.9 Å². The zero-order chi connectivity index (χ0) is 13.8. The maximum Gasteiger partial charge on any atom is 0.125 e. The fourth-order valence-corrected chi connectivity index (χ4v) is 2.32. The lowest BCUT2D eigenvalue weighted by Crippen LogP contribution is -2.29. The Morgan fingerprint density at radius 3 is 2.68 bits per heavy atom. The molecule has 2 aromatic rings. The summed E-state index contributed by atoms with van der Waals surface area (Å²) in [5.74, 6) is 5.99. The van der Waals surface area contributed by atoms with Crippen LogP contribution in [0.5, 0.6) is 5.75 Å². The Morgan fingerprint density at radius 1 is 1.26 bits per heavy atom. The number of nitrogens with two attached hydrogens (primary N) is 1. The molecule has 100 valence electrons. The van der Waals surface area contributed by atoms with Crippen LogP contribution in [0.15, 0.2) is 46.9 Å². The van der Waals surface area contributed by atoms with Gasteiger partial charge in [0.2, 0.25) is 0 Å². The maximum absolute atomic E-state index is 13.3. The van der Waals surface area contributed by atoms with Crippen molar-refractivity contribution < 1.29 is 9.13 Å². The summed E-state index contributed by atoms with van der Waals surface area (Å²) in [5.41, 5.74) is 4.28. The quantitative estimate of drug-likeness (QED) is 0.671. The van der Waals surface area contributed by atoms with Gasteiger partial charge in [-0.1, -0.05) is 34.1 Å². The van der Waals surface area contributed by atoms with E-state index in [-0.39, 0.29) is 11.9 Å². The zero-order valence-electron chi connectivity index (χ0n) is 10.4. The van der Waals surface area contributed by atoms with Gasteiger partial charge >= 0.3 is 0 Å². The molecule has 0 bridgehead atoms. The normalized spacial score (nSPS) is 12.2. The van der Waals surface area contributed by atoms with Gasteiger partial charge in [-0.05, 0) is 29.8 Å². The molecule has 0 heterocycles. The second-order valence-corrected chi connectivity index (χ2v) is 4.96. The predicted molar refractivity (Wildman–Crippen MR) is 76.3 cm³/mol. The topological polar surface area (TPSA) is 47.3 Å². The minimum Gasteiger partial charge on any atom is -0.496 e. The molecule has 0 aliphatic heterocycles. The Hall–Kier alpha value is -1.43. The first-order chi connectivity index (χ1) is 9.15. The summed E-state index contributed by atoms with van der Waals surface area (Å²) in [6, 6.07) is 11.6. The molecule has 5 heteroatoms. The first-order valence-electron chi connectivity index (χ1n) is 5.70. The molecule has 19 heavy (non-hydrogen) atoms. The number of nitrogens with one attached hydrogen (secondary N) is 1. The molecule has 3 N–H and O–H groups in total. The van der Waals surface area contributed by atoms with Crippen molar-refractivity contribution in [2.45, 2.75) is 6.04 Å². The van der Waals surface area contributed by atoms with Gasteiger partial charge in [-0.25, -0.2) is 9.82 Å². The molecule has 1 atom stereocenters. The highest BCUT2D eigenvalue weighted by Crippen LogP contribution is 2.32. The van der Waals surface area contributed by atoms with Gasteiger partial charge < -0.3 is 4.74 Å². The summed E-state index contributed by atoms with van der Waals surface area (Å²) >= 11 is 3.38. The number of hydrogen-bond acceptors (Lipinski definition) is 3. The summed E-state index contributed by atoms with van der Waals surface area (Å²) in [5, 5.41) is 0. The van der Waals surface area contributed by atoms with Gasteiger partial charge in [0.05, 0.1) is 13.2 Å². The van der Waals surface area contributed by atoms with Gasteiger partial charge in [-0.3, -0.25) is 5.84 Å². The van der Waals surface area contributed by atoms with Crippen molar-refractivity contribution in [1.29, 1.82) is 0 Å². The maximum atomic E-state index is 13.3. The lowest BCUT2D eigenvalue weighted by molar-refractivity contribution is 0.404. The van der Waals surface area contributed by atoms with Crippen molar-refractivity contribution in [1.82, 2.24) is 5.43 Å². The number of rotatable bonds is 4. The average molecular weight is 325 g/mol. The number of benzene rings is 2. The minimum atomic E-state index is -0.334. The van der Waals surface area contributed by atoms with E-state index in [9.17, 15) is 4.39 Å². The van der Waals surface area contributed by atoms with Crippen LogP contribution in [0.1, 0.15) is 17.2 Å². The SMILES string of the molecule is COc1cc(Br)ccc1C(NN)c1cccc(F)c1. The highest BCUT2D eigenvalue weighted by atomic mass is 79.9. The summed E-state index contributed by atoms with van der Waals surface area (Å²) < 4.78 is 19.6. The number of methoxy groups -OCH3 is 1. The van der Waals surface area contributed by atoms with Crippen molar-refractivity contribution in [2.24, 2.45) is 5.84 Å². The molecule has 3 nitrogen and oxygen atoms in total. The molecule has 0 radical (unpaired) electrons. The molecule has 2 rings (SSSR count). The van der Waals surface area contributed by atoms with Crippen LogP contribution in [-0.2, 0) is 0 Å². The van der Waals surface area contributed by atoms with Crippen molar-refractivity contribution in [3.63, 3.8) is 0 Å². The number of hydrazine groups is 1. The molecule has 0 aliphatic carbocycles. The van der Waals surface area contributed by atoms with E-state index < -0.39 is 0 Å². The Balaban J connectivity index is 2.48. The minimum absolute atomic E-state index is 0.297. The molecule has 0 saturated carbocycles. The van der Waals surface area contributed by atoms with Gasteiger partial charge in [0.15, 0.2) is 0 Å². The van der Waals surface area contributed by atoms with Gasteiger partial charge in [0.1, 0.15) is 11.6 Å². The Kier molecular flexibility index (Phi) is 4.52. The van der Waals surface area contributed by atoms with E-state index in [0.717, 1.165) is 15.6 Å². The van der Waals surface area contributed by atoms with E-state index in [0.29, 0.717) is 5.75 Å². The van der Waals surface area contributed by atoms with Crippen molar-refractivity contribution in [3.05, 3.63) is 63.9 Å². The van der Waals surface area contributed by atoms with Crippen LogP contribution in [0.3, 0.4) is 0 Å². The molecule has 1 unspecified atom stereocenters. The van der Waals surface area contributed by atoms with Crippen LogP contribution >= 0.6 is 15.9 Å². The van der Waals surface area contributed by atoms with Gasteiger partial charge in [-0.2, -0.15) is 0 Å². The summed E-state index contributed by atoms with van der Waals surface area (Å²) in [4.78, 5) is 0. The van der Waals surface area contributed by atoms with Gasteiger partial charge in [0, 0.05) is 10.0 Å². The molecule has 0 saturated heterocycles. The Labute approximate surface area is 119 Å². The van der Waals surface area contributed by atoms with Crippen molar-refractivity contribution in [2.75, 3.05) is 7.11 Å². The molecule has 0 aliphatic rings. The Bertz CT molecular complexity index is 577. The fraction of sp³-hybridized carbons (Fsp3) is 0.143. The van der Waals surface area contributed by atoms with Crippen LogP contribution in [0.25, 0.3) is 0 Å². The standard InChI is InChI=1S/C14H14BrFN2O/c1-19-13-8-10(15)5-6-12(13)14(18-17)9-3-2-4-11(16)7-9/h2-8,14,18H,17H2,1H3. The second kappa shape index (κ2) is 6.14. The third-order valence-corrected chi connectivity index (χ3v) is 3.35. The van der Waals surface area contributed by atoms with E-state index in [1.807, 2.05) is 24.3 Å². The van der Waals surface area contributed by atoms with Crippen LogP contribution in [0, 0.1) is 5.82 Å². The lowest BCUT2D eigenvalue weighted by Gasteiger charge is -2.19. The highest BCUT2D eigenvalue weighted by molar-refractivity contribution is 9.10. The van der Waals surface area contributed by atoms with Crippen molar-refractivity contribution in [3.8, 4) is 5.75 Å². The molecule has 0 aromatic heterocycles. The first-order valence-corrected chi connectivity index (χ1v) is 6.50. The molecule has 0 spiro atoms. The van der Waals surface area contributed by atoms with Crippen LogP contribution in [0.4, 0.5) is 4.39 Å². The summed E-state index contributed by atoms with van der Waals surface area (Å²) in [6.07, 6.45) is 0. The number of halogens is 2. The average Bonchev–Trinajstić information content (AvgIpc) is 2.41. The highest BCUT2D eigenvalue weighted by Gasteiger charge is 2.17. The monoisotopic (exact) mass is 324 g/mol. The predicted octanol–water partition coefficient (Wildman–Crippen LogP) is 3.15. The molecule has 0 fully saturated rings. The third kappa shape index (κ3) is 3.12. The second-order valence-electron chi connectivity index (χ2n) is 4.04. The van der Waals surface area contributed by atoms with E-state index >= 15 is 0 Å². The number of ether oxygens (including phenoxy) is 1. The van der Waals surface area contributed by atoms with E-state index in [2.05, 4.69) is 21.4 Å². The summed E-state index contributed by atoms with van der Waals surface area (Å²) in [6.45, 7) is 0. The van der Waals surface area contributed by atoms with E-state index in [1.165, 1.54) is 12.1 Å². The molecule has 0 amide bonds. The molecule has 2 aromatic carbocycles. The van der Waals surface area contributed by atoms with Crippen LogP contribution in [-0.4, -0.2) is 7.11 Å². The van der Waals surface area contributed by atoms with Crippen LogP contribution < -0.4 is 16.0 Å².